The van der Waals surface area contributed by atoms with E-state index in [0.717, 1.165) is 48.7 Å². The molecule has 31 heavy (non-hydrogen) atoms. The van der Waals surface area contributed by atoms with Crippen molar-refractivity contribution in [2.24, 2.45) is 0 Å². The van der Waals surface area contributed by atoms with Gasteiger partial charge in [0.15, 0.2) is 0 Å². The van der Waals surface area contributed by atoms with Crippen molar-refractivity contribution in [1.29, 1.82) is 5.26 Å². The highest BCUT2D eigenvalue weighted by molar-refractivity contribution is 7.19. The van der Waals surface area contributed by atoms with Gasteiger partial charge in [0.25, 0.3) is 0 Å². The quantitative estimate of drug-likeness (QED) is 0.336. The number of nitriles is 1. The average molecular weight is 423 g/mol. The van der Waals surface area contributed by atoms with Crippen molar-refractivity contribution in [2.75, 3.05) is 12.4 Å². The van der Waals surface area contributed by atoms with Gasteiger partial charge < -0.3 is 15.0 Å². The molecule has 6 heteroatoms. The molecule has 2 N–H and O–H groups in total. The van der Waals surface area contributed by atoms with Crippen LogP contribution in [0.3, 0.4) is 0 Å². The Labute approximate surface area is 183 Å². The fourth-order valence-electron chi connectivity index (χ4n) is 3.51. The Hall–Kier alpha value is -4.08. The molecule has 0 bridgehead atoms. The maximum atomic E-state index is 9.65. The zero-order valence-electron chi connectivity index (χ0n) is 16.7. The van der Waals surface area contributed by atoms with E-state index >= 15 is 0 Å². The van der Waals surface area contributed by atoms with Crippen molar-refractivity contribution in [2.45, 2.75) is 0 Å². The van der Waals surface area contributed by atoms with Gasteiger partial charge in [-0.25, -0.2) is 4.98 Å². The van der Waals surface area contributed by atoms with E-state index in [9.17, 15) is 5.26 Å². The van der Waals surface area contributed by atoms with Crippen LogP contribution >= 0.6 is 11.3 Å². The van der Waals surface area contributed by atoms with Crippen molar-refractivity contribution in [3.8, 4) is 11.8 Å². The van der Waals surface area contributed by atoms with Gasteiger partial charge in [-0.15, -0.1) is 11.3 Å². The minimum atomic E-state index is 0.516. The van der Waals surface area contributed by atoms with E-state index in [1.807, 2.05) is 54.7 Å². The summed E-state index contributed by atoms with van der Waals surface area (Å²) in [5, 5.41) is 15.1. The number of fused-ring (bicyclic) bond motifs is 2. The monoisotopic (exact) mass is 422 g/mol. The van der Waals surface area contributed by atoms with Gasteiger partial charge in [0.1, 0.15) is 16.6 Å². The molecule has 3 aromatic heterocycles. The van der Waals surface area contributed by atoms with Crippen LogP contribution in [0.2, 0.25) is 0 Å². The molecular formula is C25H18N4OS. The molecule has 150 valence electrons. The van der Waals surface area contributed by atoms with E-state index in [4.69, 9.17) is 4.74 Å². The fraction of sp³-hybridized carbons (Fsp3) is 0.0400. The Kier molecular flexibility index (Phi) is 4.87. The number of aromatic nitrogens is 2. The Morgan fingerprint density at radius 3 is 2.94 bits per heavy atom. The topological polar surface area (TPSA) is 73.7 Å². The molecule has 0 amide bonds. The zero-order valence-corrected chi connectivity index (χ0v) is 17.5. The number of thiophene rings is 1. The number of nitrogens with zero attached hydrogens (tertiary/aromatic N) is 2. The zero-order chi connectivity index (χ0) is 21.2. The number of hydrogen-bond acceptors (Lipinski definition) is 5. The number of methoxy groups -OCH3 is 1. The molecule has 0 fully saturated rings. The second-order valence-corrected chi connectivity index (χ2v) is 8.10. The summed E-state index contributed by atoms with van der Waals surface area (Å²) in [5.41, 5.74) is 4.35. The summed E-state index contributed by atoms with van der Waals surface area (Å²) in [6.45, 7) is 0. The first-order chi connectivity index (χ1) is 15.2. The summed E-state index contributed by atoms with van der Waals surface area (Å²) in [6.07, 6.45) is 7.65. The summed E-state index contributed by atoms with van der Waals surface area (Å²) >= 11 is 1.59. The van der Waals surface area contributed by atoms with Crippen LogP contribution in [-0.2, 0) is 0 Å². The van der Waals surface area contributed by atoms with Gasteiger partial charge in [0, 0.05) is 39.2 Å². The molecular weight excluding hydrogens is 404 g/mol. The Morgan fingerprint density at radius 2 is 2.06 bits per heavy atom. The van der Waals surface area contributed by atoms with Gasteiger partial charge in [-0.1, -0.05) is 18.2 Å². The second-order valence-electron chi connectivity index (χ2n) is 7.04. The Bertz CT molecular complexity index is 1470. The first kappa shape index (κ1) is 18.9. The molecule has 0 unspecified atom stereocenters. The molecule has 5 rings (SSSR count). The lowest BCUT2D eigenvalue weighted by Gasteiger charge is -2.09. The van der Waals surface area contributed by atoms with Crippen LogP contribution in [0.5, 0.6) is 5.75 Å². The summed E-state index contributed by atoms with van der Waals surface area (Å²) in [6, 6.07) is 20.4. The van der Waals surface area contributed by atoms with Crippen molar-refractivity contribution in [3.63, 3.8) is 0 Å². The van der Waals surface area contributed by atoms with E-state index < -0.39 is 0 Å². The SMILES string of the molecule is COc1cccc(/C=C/c2cc3c(Nc4ccc5[nH]ccc5c4)c(C#N)cnc3s2)c1. The second kappa shape index (κ2) is 7.98. The van der Waals surface area contributed by atoms with Crippen molar-refractivity contribution in [1.82, 2.24) is 9.97 Å². The molecule has 0 spiro atoms. The number of nitrogens with one attached hydrogen (secondary N) is 2. The molecule has 5 aromatic rings. The van der Waals surface area contributed by atoms with Crippen molar-refractivity contribution >= 4 is 56.0 Å². The Morgan fingerprint density at radius 1 is 1.13 bits per heavy atom. The smallest absolute Gasteiger partial charge is 0.125 e. The number of rotatable bonds is 5. The fourth-order valence-corrected chi connectivity index (χ4v) is 4.42. The largest absolute Gasteiger partial charge is 0.497 e. The molecule has 0 radical (unpaired) electrons. The van der Waals surface area contributed by atoms with Gasteiger partial charge in [-0.2, -0.15) is 5.26 Å². The lowest BCUT2D eigenvalue weighted by molar-refractivity contribution is 0.414. The normalized spacial score (nSPS) is 11.2. The highest BCUT2D eigenvalue weighted by Crippen LogP contribution is 2.35. The lowest BCUT2D eigenvalue weighted by atomic mass is 10.1. The first-order valence-electron chi connectivity index (χ1n) is 9.72. The van der Waals surface area contributed by atoms with Crippen LogP contribution in [0.4, 0.5) is 11.4 Å². The number of anilines is 2. The van der Waals surface area contributed by atoms with E-state index in [1.165, 1.54) is 0 Å². The maximum absolute atomic E-state index is 9.65. The lowest BCUT2D eigenvalue weighted by Crippen LogP contribution is -1.95. The van der Waals surface area contributed by atoms with Crippen LogP contribution in [0.15, 0.2) is 67.0 Å². The maximum Gasteiger partial charge on any atom is 0.125 e. The number of hydrogen-bond donors (Lipinski definition) is 2. The van der Waals surface area contributed by atoms with E-state index in [-0.39, 0.29) is 0 Å². The van der Waals surface area contributed by atoms with E-state index in [1.54, 1.807) is 24.6 Å². The number of pyridine rings is 1. The molecule has 0 aliphatic rings. The van der Waals surface area contributed by atoms with Crippen LogP contribution in [0.1, 0.15) is 16.0 Å². The van der Waals surface area contributed by atoms with Gasteiger partial charge in [-0.05, 0) is 54.1 Å². The van der Waals surface area contributed by atoms with Gasteiger partial charge >= 0.3 is 0 Å². The molecule has 0 aliphatic heterocycles. The van der Waals surface area contributed by atoms with E-state index in [0.29, 0.717) is 5.56 Å². The molecule has 3 heterocycles. The number of aromatic amines is 1. The van der Waals surface area contributed by atoms with Gasteiger partial charge in [-0.3, -0.25) is 0 Å². The third kappa shape index (κ3) is 3.75. The average Bonchev–Trinajstić information content (AvgIpc) is 3.44. The van der Waals surface area contributed by atoms with Crippen LogP contribution in [-0.4, -0.2) is 17.1 Å². The van der Waals surface area contributed by atoms with Crippen molar-refractivity contribution < 1.29 is 4.74 Å². The number of H-pyrrole nitrogens is 1. The standard InChI is InChI=1S/C25H18N4OS/c1-30-20-4-2-3-16(11-20)5-7-21-13-22-24(18(14-26)15-28-25(22)31-21)29-19-6-8-23-17(12-19)9-10-27-23/h2-13,15,27H,1H3,(H,28,29)/b7-5+. The van der Waals surface area contributed by atoms with Crippen LogP contribution < -0.4 is 10.1 Å². The van der Waals surface area contributed by atoms with E-state index in [2.05, 4.69) is 39.6 Å². The first-order valence-corrected chi connectivity index (χ1v) is 10.5. The van der Waals surface area contributed by atoms with Gasteiger partial charge in [0.05, 0.1) is 18.4 Å². The molecule has 0 aliphatic carbocycles. The minimum Gasteiger partial charge on any atom is -0.497 e. The van der Waals surface area contributed by atoms with Crippen LogP contribution in [0.25, 0.3) is 33.3 Å². The molecule has 0 saturated carbocycles. The highest BCUT2D eigenvalue weighted by atomic mass is 32.1. The summed E-state index contributed by atoms with van der Waals surface area (Å²) in [4.78, 5) is 9.64. The third-order valence-corrected chi connectivity index (χ3v) is 6.07. The summed E-state index contributed by atoms with van der Waals surface area (Å²) < 4.78 is 5.29. The predicted octanol–water partition coefficient (Wildman–Crippen LogP) is 6.57. The van der Waals surface area contributed by atoms with Crippen molar-refractivity contribution in [3.05, 3.63) is 83.0 Å². The molecule has 2 aromatic carbocycles. The predicted molar refractivity (Wildman–Crippen MR) is 128 cm³/mol. The molecule has 5 nitrogen and oxygen atoms in total. The minimum absolute atomic E-state index is 0.516. The summed E-state index contributed by atoms with van der Waals surface area (Å²) in [5.74, 6) is 0.824. The van der Waals surface area contributed by atoms with Crippen LogP contribution in [0, 0.1) is 11.3 Å². The Balaban J connectivity index is 1.52. The summed E-state index contributed by atoms with van der Waals surface area (Å²) in [7, 11) is 1.66. The van der Waals surface area contributed by atoms with Gasteiger partial charge in [0.2, 0.25) is 0 Å². The highest BCUT2D eigenvalue weighted by Gasteiger charge is 2.12. The number of ether oxygens (including phenoxy) is 1. The number of benzene rings is 2. The molecule has 0 saturated heterocycles. The molecule has 0 atom stereocenters. The third-order valence-electron chi connectivity index (χ3n) is 5.06.